The number of anilines is 2. The molecular formula is C32H32ClN3O5S2. The lowest BCUT2D eigenvalue weighted by Crippen LogP contribution is -2.38. The molecular weight excluding hydrogens is 606 g/mol. The average molecular weight is 638 g/mol. The smallest absolute Gasteiger partial charge is 0.264 e. The number of nitrogens with one attached hydrogen (secondary N) is 1. The number of aryl methyl sites for hydroxylation is 3. The molecule has 0 saturated carbocycles. The van der Waals surface area contributed by atoms with E-state index in [1.54, 1.807) is 32.0 Å². The summed E-state index contributed by atoms with van der Waals surface area (Å²) in [5.41, 5.74) is 4.56. The van der Waals surface area contributed by atoms with E-state index in [0.717, 1.165) is 16.7 Å². The van der Waals surface area contributed by atoms with Crippen molar-refractivity contribution in [1.82, 2.24) is 4.31 Å². The third kappa shape index (κ3) is 6.47. The number of hydrogen-bond donors (Lipinski definition) is 1. The van der Waals surface area contributed by atoms with Crippen molar-refractivity contribution in [3.8, 4) is 0 Å². The number of amides is 1. The molecule has 1 N–H and O–H groups in total. The van der Waals surface area contributed by atoms with Crippen molar-refractivity contribution in [3.63, 3.8) is 0 Å². The highest BCUT2D eigenvalue weighted by Crippen LogP contribution is 2.35. The Kier molecular flexibility index (Phi) is 8.67. The Morgan fingerprint density at radius 1 is 0.884 bits per heavy atom. The molecule has 0 aromatic heterocycles. The molecule has 0 radical (unpaired) electrons. The number of carbonyl (C=O) groups excluding carboxylic acids is 1. The highest BCUT2D eigenvalue weighted by molar-refractivity contribution is 7.92. The number of sulfonamides is 2. The first-order valence-corrected chi connectivity index (χ1v) is 16.9. The quantitative estimate of drug-likeness (QED) is 0.248. The van der Waals surface area contributed by atoms with Gasteiger partial charge in [-0.3, -0.25) is 9.10 Å². The minimum atomic E-state index is -4.06. The summed E-state index contributed by atoms with van der Waals surface area (Å²) < 4.78 is 57.3. The highest BCUT2D eigenvalue weighted by Gasteiger charge is 2.32. The van der Waals surface area contributed by atoms with E-state index in [2.05, 4.69) is 5.32 Å². The van der Waals surface area contributed by atoms with Crippen molar-refractivity contribution in [3.05, 3.63) is 118 Å². The molecule has 4 aromatic rings. The zero-order chi connectivity index (χ0) is 30.9. The normalized spacial score (nSPS) is 13.3. The Balaban J connectivity index is 1.42. The Hall–Kier alpha value is -3.70. The van der Waals surface area contributed by atoms with Crippen LogP contribution in [0.5, 0.6) is 0 Å². The molecule has 8 nitrogen and oxygen atoms in total. The van der Waals surface area contributed by atoms with Gasteiger partial charge in [-0.05, 0) is 85.8 Å². The maximum atomic E-state index is 14.0. The fourth-order valence-corrected chi connectivity index (χ4v) is 8.90. The van der Waals surface area contributed by atoms with Crippen molar-refractivity contribution in [2.75, 3.05) is 22.7 Å². The fourth-order valence-electron chi connectivity index (χ4n) is 5.49. The number of hydrogen-bond acceptors (Lipinski definition) is 5. The van der Waals surface area contributed by atoms with Crippen LogP contribution in [0, 0.1) is 20.8 Å². The number of halogens is 1. The molecule has 0 aliphatic carbocycles. The summed E-state index contributed by atoms with van der Waals surface area (Å²) in [6, 6.07) is 23.8. The largest absolute Gasteiger partial charge is 0.325 e. The number of rotatable bonds is 9. The van der Waals surface area contributed by atoms with E-state index in [9.17, 15) is 21.6 Å². The van der Waals surface area contributed by atoms with Crippen LogP contribution in [0.1, 0.15) is 27.8 Å². The number of nitrogens with zero attached hydrogens (tertiary/aromatic N) is 2. The first-order valence-electron chi connectivity index (χ1n) is 13.7. The minimum Gasteiger partial charge on any atom is -0.325 e. The zero-order valence-corrected chi connectivity index (χ0v) is 26.4. The first-order chi connectivity index (χ1) is 20.4. The van der Waals surface area contributed by atoms with E-state index in [1.807, 2.05) is 49.4 Å². The lowest BCUT2D eigenvalue weighted by atomic mass is 10.1. The second-order valence-corrected chi connectivity index (χ2v) is 14.8. The SMILES string of the molecule is Cc1cc(C)c(S(=O)(=O)N(CC(=O)Nc2ccc3c(c2)N(S(=O)(=O)c2ccc(Cl)cc2)CC3)Cc2ccccc2)c(C)c1. The molecule has 1 aliphatic rings. The van der Waals surface area contributed by atoms with Gasteiger partial charge in [0.2, 0.25) is 15.9 Å². The number of carbonyl (C=O) groups is 1. The molecule has 1 aliphatic heterocycles. The molecule has 0 saturated heterocycles. The van der Waals surface area contributed by atoms with Gasteiger partial charge in [0.05, 0.1) is 22.0 Å². The summed E-state index contributed by atoms with van der Waals surface area (Å²) >= 11 is 5.95. The summed E-state index contributed by atoms with van der Waals surface area (Å²) in [5.74, 6) is -0.549. The monoisotopic (exact) mass is 637 g/mol. The van der Waals surface area contributed by atoms with Gasteiger partial charge in [-0.1, -0.05) is 65.7 Å². The molecule has 0 bridgehead atoms. The van der Waals surface area contributed by atoms with Crippen LogP contribution in [0.25, 0.3) is 0 Å². The van der Waals surface area contributed by atoms with Gasteiger partial charge in [0.25, 0.3) is 10.0 Å². The first kappa shape index (κ1) is 30.7. The van der Waals surface area contributed by atoms with E-state index >= 15 is 0 Å². The van der Waals surface area contributed by atoms with Crippen LogP contribution in [0.2, 0.25) is 5.02 Å². The Morgan fingerprint density at radius 3 is 2.19 bits per heavy atom. The topological polar surface area (TPSA) is 104 Å². The van der Waals surface area contributed by atoms with Crippen molar-refractivity contribution in [2.24, 2.45) is 0 Å². The second-order valence-electron chi connectivity index (χ2n) is 10.7. The lowest BCUT2D eigenvalue weighted by Gasteiger charge is -2.24. The van der Waals surface area contributed by atoms with Crippen LogP contribution in [-0.2, 0) is 37.8 Å². The molecule has 1 amide bonds. The summed E-state index contributed by atoms with van der Waals surface area (Å²) in [6.45, 7) is 5.23. The molecule has 1 heterocycles. The molecule has 43 heavy (non-hydrogen) atoms. The Morgan fingerprint density at radius 2 is 1.53 bits per heavy atom. The molecule has 5 rings (SSSR count). The molecule has 0 spiro atoms. The van der Waals surface area contributed by atoms with Gasteiger partial charge in [0.1, 0.15) is 0 Å². The number of benzene rings is 4. The van der Waals surface area contributed by atoms with Crippen molar-refractivity contribution in [1.29, 1.82) is 0 Å². The van der Waals surface area contributed by atoms with E-state index in [-0.39, 0.29) is 22.9 Å². The molecule has 0 fully saturated rings. The predicted octanol–water partition coefficient (Wildman–Crippen LogP) is 5.85. The van der Waals surface area contributed by atoms with Gasteiger partial charge in [-0.2, -0.15) is 4.31 Å². The van der Waals surface area contributed by atoms with Crippen LogP contribution >= 0.6 is 11.6 Å². The van der Waals surface area contributed by atoms with E-state index < -0.39 is 32.5 Å². The molecule has 0 unspecified atom stereocenters. The summed E-state index contributed by atoms with van der Waals surface area (Å²) in [4.78, 5) is 13.7. The van der Waals surface area contributed by atoms with E-state index in [1.165, 1.54) is 32.9 Å². The molecule has 4 aromatic carbocycles. The maximum Gasteiger partial charge on any atom is 0.264 e. The zero-order valence-electron chi connectivity index (χ0n) is 24.0. The van der Waals surface area contributed by atoms with Gasteiger partial charge in [0, 0.05) is 23.8 Å². The fraction of sp³-hybridized carbons (Fsp3) is 0.219. The van der Waals surface area contributed by atoms with Crippen LogP contribution in [0.4, 0.5) is 11.4 Å². The van der Waals surface area contributed by atoms with Crippen LogP contribution in [0.15, 0.2) is 94.7 Å². The molecule has 224 valence electrons. The predicted molar refractivity (Wildman–Crippen MR) is 169 cm³/mol. The van der Waals surface area contributed by atoms with E-state index in [4.69, 9.17) is 11.6 Å². The standard InChI is InChI=1S/C32H32ClN3O5S2/c1-22-17-23(2)32(24(3)18-22)43(40,41)35(20-25-7-5-4-6-8-25)21-31(37)34-28-12-9-26-15-16-36(30(26)19-28)42(38,39)29-13-10-27(33)11-14-29/h4-14,17-19H,15-16,20-21H2,1-3H3,(H,34,37). The highest BCUT2D eigenvalue weighted by atomic mass is 35.5. The van der Waals surface area contributed by atoms with Gasteiger partial charge in [-0.25, -0.2) is 16.8 Å². The van der Waals surface area contributed by atoms with Crippen molar-refractivity contribution in [2.45, 2.75) is 43.5 Å². The van der Waals surface area contributed by atoms with E-state index in [0.29, 0.717) is 33.9 Å². The molecule has 11 heteroatoms. The van der Waals surface area contributed by atoms with Gasteiger partial charge in [-0.15, -0.1) is 0 Å². The van der Waals surface area contributed by atoms with Crippen molar-refractivity contribution >= 4 is 48.9 Å². The summed E-state index contributed by atoms with van der Waals surface area (Å²) in [5, 5.41) is 3.22. The average Bonchev–Trinajstić information content (AvgIpc) is 3.37. The Labute approximate surface area is 258 Å². The third-order valence-corrected chi connectivity index (χ3v) is 11.5. The van der Waals surface area contributed by atoms with Crippen molar-refractivity contribution < 1.29 is 21.6 Å². The number of fused-ring (bicyclic) bond motifs is 1. The minimum absolute atomic E-state index is 0.000646. The summed E-state index contributed by atoms with van der Waals surface area (Å²) in [6.07, 6.45) is 0.523. The second kappa shape index (κ2) is 12.1. The van der Waals surface area contributed by atoms with Gasteiger partial charge >= 0.3 is 0 Å². The van der Waals surface area contributed by atoms with Gasteiger partial charge < -0.3 is 5.32 Å². The van der Waals surface area contributed by atoms with Crippen LogP contribution in [-0.4, -0.2) is 40.1 Å². The third-order valence-electron chi connectivity index (χ3n) is 7.35. The Bertz CT molecular complexity index is 1870. The van der Waals surface area contributed by atoms with Gasteiger partial charge in [0.15, 0.2) is 0 Å². The van der Waals surface area contributed by atoms with Crippen LogP contribution in [0.3, 0.4) is 0 Å². The van der Waals surface area contributed by atoms with Crippen LogP contribution < -0.4 is 9.62 Å². The molecule has 0 atom stereocenters. The maximum absolute atomic E-state index is 14.0. The lowest BCUT2D eigenvalue weighted by molar-refractivity contribution is -0.116. The summed E-state index contributed by atoms with van der Waals surface area (Å²) in [7, 11) is -7.92.